The van der Waals surface area contributed by atoms with Gasteiger partial charge in [-0.3, -0.25) is 10.1 Å². The molecule has 25 heavy (non-hydrogen) atoms. The standard InChI is InChI=1S/C16H12ClN3O4S/c1-25(22,23)13-8-3-2-7-12(13)15-19-20-16(24-15)18-14(21)10-5-4-6-11(17)9-10/h2-9H,1H3,(H,18,20,21). The van der Waals surface area contributed by atoms with E-state index >= 15 is 0 Å². The molecule has 0 aliphatic rings. The highest BCUT2D eigenvalue weighted by Gasteiger charge is 2.19. The molecule has 0 unspecified atom stereocenters. The first-order chi connectivity index (χ1) is 11.8. The van der Waals surface area contributed by atoms with Crippen molar-refractivity contribution in [2.45, 2.75) is 4.90 Å². The van der Waals surface area contributed by atoms with E-state index in [9.17, 15) is 13.2 Å². The van der Waals surface area contributed by atoms with Crippen LogP contribution in [0.2, 0.25) is 5.02 Å². The molecule has 0 aliphatic heterocycles. The maximum absolute atomic E-state index is 12.1. The van der Waals surface area contributed by atoms with E-state index < -0.39 is 15.7 Å². The zero-order valence-electron chi connectivity index (χ0n) is 12.9. The van der Waals surface area contributed by atoms with Crippen molar-refractivity contribution in [3.05, 3.63) is 59.1 Å². The van der Waals surface area contributed by atoms with E-state index in [0.29, 0.717) is 10.6 Å². The average Bonchev–Trinajstić information content (AvgIpc) is 3.02. The van der Waals surface area contributed by atoms with E-state index in [0.717, 1.165) is 6.26 Å². The van der Waals surface area contributed by atoms with Crippen molar-refractivity contribution in [2.24, 2.45) is 0 Å². The van der Waals surface area contributed by atoms with E-state index in [4.69, 9.17) is 16.0 Å². The topological polar surface area (TPSA) is 102 Å². The highest BCUT2D eigenvalue weighted by Crippen LogP contribution is 2.27. The lowest BCUT2D eigenvalue weighted by Crippen LogP contribution is -2.11. The minimum atomic E-state index is -3.47. The van der Waals surface area contributed by atoms with E-state index in [1.165, 1.54) is 12.1 Å². The van der Waals surface area contributed by atoms with Gasteiger partial charge in [-0.05, 0) is 30.3 Å². The predicted molar refractivity (Wildman–Crippen MR) is 92.2 cm³/mol. The number of hydrogen-bond donors (Lipinski definition) is 1. The van der Waals surface area contributed by atoms with Crippen LogP contribution in [0.3, 0.4) is 0 Å². The normalized spacial score (nSPS) is 11.3. The molecule has 2 aromatic carbocycles. The second kappa shape index (κ2) is 6.66. The van der Waals surface area contributed by atoms with Crippen molar-refractivity contribution < 1.29 is 17.6 Å². The molecule has 1 N–H and O–H groups in total. The van der Waals surface area contributed by atoms with E-state index in [1.807, 2.05) is 0 Å². The van der Waals surface area contributed by atoms with Crippen molar-refractivity contribution >= 4 is 33.4 Å². The number of aromatic nitrogens is 2. The number of rotatable bonds is 4. The minimum absolute atomic E-state index is 0.0116. The number of anilines is 1. The van der Waals surface area contributed by atoms with Crippen molar-refractivity contribution in [1.29, 1.82) is 0 Å². The molecule has 0 fully saturated rings. The summed E-state index contributed by atoms with van der Waals surface area (Å²) >= 11 is 5.85. The Morgan fingerprint density at radius 2 is 1.88 bits per heavy atom. The zero-order valence-corrected chi connectivity index (χ0v) is 14.5. The summed E-state index contributed by atoms with van der Waals surface area (Å²) in [5.74, 6) is -0.489. The molecule has 0 spiro atoms. The first-order valence-corrected chi connectivity index (χ1v) is 9.31. The van der Waals surface area contributed by atoms with Crippen molar-refractivity contribution in [1.82, 2.24) is 10.2 Å². The van der Waals surface area contributed by atoms with Gasteiger partial charge in [-0.2, -0.15) is 0 Å². The molecule has 0 aliphatic carbocycles. The number of benzene rings is 2. The van der Waals surface area contributed by atoms with E-state index in [1.54, 1.807) is 36.4 Å². The largest absolute Gasteiger partial charge is 0.403 e. The summed E-state index contributed by atoms with van der Waals surface area (Å²) in [5.41, 5.74) is 0.588. The number of nitrogens with zero attached hydrogens (tertiary/aromatic N) is 2. The van der Waals surface area contributed by atoms with Gasteiger partial charge in [0.2, 0.25) is 0 Å². The van der Waals surface area contributed by atoms with Crippen LogP contribution in [-0.4, -0.2) is 30.8 Å². The molecule has 3 aromatic rings. The third-order valence-electron chi connectivity index (χ3n) is 3.25. The number of nitrogens with one attached hydrogen (secondary N) is 1. The summed E-state index contributed by atoms with van der Waals surface area (Å²) in [6.45, 7) is 0. The van der Waals surface area contributed by atoms with Gasteiger partial charge in [0.25, 0.3) is 11.8 Å². The average molecular weight is 378 g/mol. The number of sulfone groups is 1. The van der Waals surface area contributed by atoms with E-state index in [-0.39, 0.29) is 22.4 Å². The number of amides is 1. The van der Waals surface area contributed by atoms with Gasteiger partial charge >= 0.3 is 6.01 Å². The van der Waals surface area contributed by atoms with Crippen LogP contribution in [0, 0.1) is 0 Å². The Bertz CT molecular complexity index is 1050. The highest BCUT2D eigenvalue weighted by molar-refractivity contribution is 7.90. The third-order valence-corrected chi connectivity index (χ3v) is 4.64. The Kier molecular flexibility index (Phi) is 4.56. The predicted octanol–water partition coefficient (Wildman–Crippen LogP) is 3.05. The van der Waals surface area contributed by atoms with Gasteiger partial charge < -0.3 is 4.42 Å². The Morgan fingerprint density at radius 1 is 1.12 bits per heavy atom. The quantitative estimate of drug-likeness (QED) is 0.749. The molecule has 1 aromatic heterocycles. The monoisotopic (exact) mass is 377 g/mol. The third kappa shape index (κ3) is 3.86. The molecule has 0 radical (unpaired) electrons. The molecule has 128 valence electrons. The summed E-state index contributed by atoms with van der Waals surface area (Å²) in [5, 5.41) is 10.4. The van der Waals surface area contributed by atoms with Crippen molar-refractivity contribution in [3.63, 3.8) is 0 Å². The SMILES string of the molecule is CS(=O)(=O)c1ccccc1-c1nnc(NC(=O)c2cccc(Cl)c2)o1. The first-order valence-electron chi connectivity index (χ1n) is 7.04. The molecule has 0 saturated heterocycles. The lowest BCUT2D eigenvalue weighted by atomic mass is 10.2. The molecule has 9 heteroatoms. The van der Waals surface area contributed by atoms with Crippen LogP contribution in [-0.2, 0) is 9.84 Å². The van der Waals surface area contributed by atoms with Crippen LogP contribution in [0.25, 0.3) is 11.5 Å². The summed E-state index contributed by atoms with van der Waals surface area (Å²) in [7, 11) is -3.47. The van der Waals surface area contributed by atoms with Crippen LogP contribution < -0.4 is 5.32 Å². The lowest BCUT2D eigenvalue weighted by molar-refractivity contribution is 0.102. The van der Waals surface area contributed by atoms with Gasteiger partial charge in [0.1, 0.15) is 0 Å². The van der Waals surface area contributed by atoms with Crippen molar-refractivity contribution in [2.75, 3.05) is 11.6 Å². The Hall–Kier alpha value is -2.71. The van der Waals surface area contributed by atoms with Gasteiger partial charge in [-0.25, -0.2) is 8.42 Å². The molecule has 3 rings (SSSR count). The number of carbonyl (C=O) groups excluding carboxylic acids is 1. The number of carbonyl (C=O) groups is 1. The maximum Gasteiger partial charge on any atom is 0.322 e. The summed E-state index contributed by atoms with van der Waals surface area (Å²) in [6, 6.07) is 12.4. The maximum atomic E-state index is 12.1. The van der Waals surface area contributed by atoms with Gasteiger partial charge in [0, 0.05) is 16.8 Å². The fourth-order valence-electron chi connectivity index (χ4n) is 2.15. The smallest absolute Gasteiger partial charge is 0.322 e. The van der Waals surface area contributed by atoms with Crippen LogP contribution in [0.4, 0.5) is 6.01 Å². The highest BCUT2D eigenvalue weighted by atomic mass is 35.5. The van der Waals surface area contributed by atoms with E-state index in [2.05, 4.69) is 15.5 Å². The molecule has 0 bridgehead atoms. The lowest BCUT2D eigenvalue weighted by Gasteiger charge is -2.03. The molecule has 1 heterocycles. The molecular formula is C16H12ClN3O4S. The fraction of sp³-hybridized carbons (Fsp3) is 0.0625. The van der Waals surface area contributed by atoms with Gasteiger partial charge in [0.05, 0.1) is 10.5 Å². The number of halogens is 1. The van der Waals surface area contributed by atoms with Crippen LogP contribution in [0.5, 0.6) is 0 Å². The fourth-order valence-corrected chi connectivity index (χ4v) is 3.22. The second-order valence-electron chi connectivity index (χ2n) is 5.15. The molecule has 0 saturated carbocycles. The molecule has 1 amide bonds. The zero-order chi connectivity index (χ0) is 18.0. The van der Waals surface area contributed by atoms with Gasteiger partial charge in [-0.1, -0.05) is 34.9 Å². The summed E-state index contributed by atoms with van der Waals surface area (Å²) in [4.78, 5) is 12.2. The first kappa shape index (κ1) is 17.1. The van der Waals surface area contributed by atoms with Gasteiger partial charge in [-0.15, -0.1) is 5.10 Å². The molecule has 7 nitrogen and oxygen atoms in total. The second-order valence-corrected chi connectivity index (χ2v) is 7.57. The summed E-state index contributed by atoms with van der Waals surface area (Å²) in [6.07, 6.45) is 1.09. The summed E-state index contributed by atoms with van der Waals surface area (Å²) < 4.78 is 29.1. The number of hydrogen-bond acceptors (Lipinski definition) is 6. The Balaban J connectivity index is 1.88. The van der Waals surface area contributed by atoms with Gasteiger partial charge in [0.15, 0.2) is 9.84 Å². The Morgan fingerprint density at radius 3 is 2.60 bits per heavy atom. The van der Waals surface area contributed by atoms with Crippen LogP contribution >= 0.6 is 11.6 Å². The molecule has 0 atom stereocenters. The Labute approximate surface area is 148 Å². The van der Waals surface area contributed by atoms with Crippen molar-refractivity contribution in [3.8, 4) is 11.5 Å². The molecular weight excluding hydrogens is 366 g/mol. The van der Waals surface area contributed by atoms with Crippen LogP contribution in [0.1, 0.15) is 10.4 Å². The minimum Gasteiger partial charge on any atom is -0.403 e. The van der Waals surface area contributed by atoms with Crippen LogP contribution in [0.15, 0.2) is 57.8 Å².